The maximum absolute atomic E-state index is 10.4. The molecule has 0 saturated heterocycles. The second-order valence-corrected chi connectivity index (χ2v) is 19.1. The van der Waals surface area contributed by atoms with Gasteiger partial charge in [0, 0.05) is 49.1 Å². The number of fused-ring (bicyclic) bond motifs is 6. The molecule has 14 rings (SSSR count). The van der Waals surface area contributed by atoms with Crippen LogP contribution in [-0.4, -0.2) is 5.54 Å². The highest BCUT2D eigenvalue weighted by atomic mass is 16.3. The van der Waals surface area contributed by atoms with Crippen LogP contribution in [0.5, 0.6) is 0 Å². The van der Waals surface area contributed by atoms with Crippen molar-refractivity contribution in [2.75, 3.05) is 9.80 Å². The summed E-state index contributed by atoms with van der Waals surface area (Å²) in [6.45, 7) is 2.30. The number of hydrogen-bond donors (Lipinski definition) is 0. The van der Waals surface area contributed by atoms with Crippen LogP contribution >= 0.6 is 0 Å². The molecule has 0 bridgehead atoms. The molecule has 11 aromatic carbocycles. The van der Waals surface area contributed by atoms with Gasteiger partial charge in [0.25, 0.3) is 0 Å². The Balaban J connectivity index is 1.06. The second kappa shape index (κ2) is 16.4. The standard InChI is InChI=1S/C67H42N4O2/c1-67(37-36-43(41-69)39-55(67)45-16-6-3-7-17-45)71(60-23-13-21-51-49-19-9-11-25-62(49)73-66(51)60)58-35-30-47-27-31-52-56(34-29-46-28-32-53(58)64(47)63(46)52)70(57-33-26-42(40-68)38-54(57)44-14-4-2-5-15-44)59-22-12-20-50-48-18-8-10-24-61(48)72-65(50)59/h2-36,38-39H,37H2,1H3. The summed E-state index contributed by atoms with van der Waals surface area (Å²) in [5.74, 6) is 0. The van der Waals surface area contributed by atoms with Gasteiger partial charge in [0.1, 0.15) is 11.2 Å². The largest absolute Gasteiger partial charge is 0.454 e. The number of benzene rings is 11. The minimum Gasteiger partial charge on any atom is -0.454 e. The molecule has 0 radical (unpaired) electrons. The van der Waals surface area contributed by atoms with Crippen LogP contribution in [-0.2, 0) is 0 Å². The Morgan fingerprint density at radius 2 is 0.986 bits per heavy atom. The van der Waals surface area contributed by atoms with Gasteiger partial charge in [-0.05, 0) is 112 Å². The summed E-state index contributed by atoms with van der Waals surface area (Å²) in [5, 5.41) is 31.5. The number of para-hydroxylation sites is 4. The summed E-state index contributed by atoms with van der Waals surface area (Å²) in [6, 6.07) is 78.9. The van der Waals surface area contributed by atoms with E-state index in [-0.39, 0.29) is 0 Å². The van der Waals surface area contributed by atoms with Gasteiger partial charge in [-0.2, -0.15) is 10.5 Å². The number of hydrogen-bond acceptors (Lipinski definition) is 6. The monoisotopic (exact) mass is 934 g/mol. The fourth-order valence-electron chi connectivity index (χ4n) is 11.8. The smallest absolute Gasteiger partial charge is 0.159 e. The predicted molar refractivity (Wildman–Crippen MR) is 299 cm³/mol. The number of nitriles is 2. The molecule has 0 amide bonds. The summed E-state index contributed by atoms with van der Waals surface area (Å²) >= 11 is 0. The number of furan rings is 2. The van der Waals surface area contributed by atoms with Crippen LogP contribution in [0.15, 0.2) is 239 Å². The number of nitrogens with zero attached hydrogens (tertiary/aromatic N) is 4. The molecule has 1 aliphatic rings. The van der Waals surface area contributed by atoms with Gasteiger partial charge in [-0.1, -0.05) is 164 Å². The molecule has 6 nitrogen and oxygen atoms in total. The molecule has 1 aliphatic carbocycles. The van der Waals surface area contributed by atoms with E-state index < -0.39 is 5.54 Å². The fraction of sp³-hybridized carbons (Fsp3) is 0.0448. The van der Waals surface area contributed by atoms with Gasteiger partial charge in [0.15, 0.2) is 11.2 Å². The first-order valence-electron chi connectivity index (χ1n) is 24.6. The van der Waals surface area contributed by atoms with Crippen LogP contribution < -0.4 is 9.80 Å². The molecular weight excluding hydrogens is 893 g/mol. The lowest BCUT2D eigenvalue weighted by molar-refractivity contribution is 0.583. The van der Waals surface area contributed by atoms with Crippen molar-refractivity contribution in [1.82, 2.24) is 0 Å². The normalized spacial score (nSPS) is 14.8. The van der Waals surface area contributed by atoms with Crippen LogP contribution in [0.25, 0.3) is 92.9 Å². The van der Waals surface area contributed by atoms with Gasteiger partial charge in [0.2, 0.25) is 0 Å². The van der Waals surface area contributed by atoms with E-state index in [2.05, 4.69) is 193 Å². The quantitative estimate of drug-likeness (QED) is 0.141. The molecule has 342 valence electrons. The van der Waals surface area contributed by atoms with Crippen LogP contribution in [0.3, 0.4) is 0 Å². The van der Waals surface area contributed by atoms with Crippen LogP contribution in [0.4, 0.5) is 28.4 Å². The Bertz CT molecular complexity index is 4530. The van der Waals surface area contributed by atoms with Crippen molar-refractivity contribution in [1.29, 1.82) is 10.5 Å². The molecule has 2 aromatic heterocycles. The summed E-state index contributed by atoms with van der Waals surface area (Å²) in [4.78, 5) is 4.81. The number of anilines is 5. The summed E-state index contributed by atoms with van der Waals surface area (Å²) in [5.41, 5.74) is 12.4. The first-order chi connectivity index (χ1) is 36.0. The molecule has 0 fully saturated rings. The van der Waals surface area contributed by atoms with Gasteiger partial charge in [-0.25, -0.2) is 0 Å². The highest BCUT2D eigenvalue weighted by Crippen LogP contribution is 2.54. The van der Waals surface area contributed by atoms with Crippen molar-refractivity contribution in [3.8, 4) is 23.3 Å². The van der Waals surface area contributed by atoms with E-state index in [0.717, 1.165) is 127 Å². The van der Waals surface area contributed by atoms with Crippen molar-refractivity contribution in [3.63, 3.8) is 0 Å². The molecule has 1 atom stereocenters. The Labute approximate surface area is 420 Å². The third-order valence-corrected chi connectivity index (χ3v) is 15.1. The third kappa shape index (κ3) is 6.41. The summed E-state index contributed by atoms with van der Waals surface area (Å²) < 4.78 is 13.7. The SMILES string of the molecule is CC1(N(c2ccc3ccc4c(N(c5ccc(C#N)cc5-c5ccccc5)c5cccc6c5oc5ccccc56)ccc5ccc2c3c54)c2cccc3c2oc2ccccc23)CC=C(C#N)C=C1c1ccccc1. The second-order valence-electron chi connectivity index (χ2n) is 19.1. The molecular formula is C67H42N4O2. The van der Waals surface area contributed by atoms with Gasteiger partial charge in [0.05, 0.1) is 46.0 Å². The third-order valence-electron chi connectivity index (χ3n) is 15.1. The molecule has 6 heteroatoms. The van der Waals surface area contributed by atoms with E-state index in [4.69, 9.17) is 8.83 Å². The lowest BCUT2D eigenvalue weighted by Crippen LogP contribution is -2.45. The van der Waals surface area contributed by atoms with Crippen molar-refractivity contribution in [3.05, 3.63) is 241 Å². The molecule has 0 N–H and O–H groups in total. The Morgan fingerprint density at radius 3 is 1.63 bits per heavy atom. The average Bonchev–Trinajstić information content (AvgIpc) is 4.04. The molecule has 0 aliphatic heterocycles. The Morgan fingerprint density at radius 1 is 0.452 bits per heavy atom. The maximum Gasteiger partial charge on any atom is 0.159 e. The molecule has 0 spiro atoms. The zero-order chi connectivity index (χ0) is 48.8. The zero-order valence-electron chi connectivity index (χ0n) is 39.7. The number of allylic oxidation sites excluding steroid dienone is 2. The van der Waals surface area contributed by atoms with Crippen molar-refractivity contribution in [2.45, 2.75) is 18.9 Å². The first-order valence-corrected chi connectivity index (χ1v) is 24.6. The van der Waals surface area contributed by atoms with Crippen LogP contribution in [0.2, 0.25) is 0 Å². The number of rotatable bonds is 8. The average molecular weight is 935 g/mol. The first kappa shape index (κ1) is 42.0. The van der Waals surface area contributed by atoms with E-state index in [9.17, 15) is 10.5 Å². The van der Waals surface area contributed by atoms with Crippen molar-refractivity contribution in [2.24, 2.45) is 0 Å². The topological polar surface area (TPSA) is 80.3 Å². The van der Waals surface area contributed by atoms with Crippen LogP contribution in [0.1, 0.15) is 24.5 Å². The van der Waals surface area contributed by atoms with Crippen molar-refractivity contribution < 1.29 is 8.83 Å². The van der Waals surface area contributed by atoms with E-state index in [1.807, 2.05) is 60.7 Å². The molecule has 13 aromatic rings. The van der Waals surface area contributed by atoms with Gasteiger partial charge in [-0.3, -0.25) is 0 Å². The van der Waals surface area contributed by atoms with Gasteiger partial charge in [-0.15, -0.1) is 0 Å². The predicted octanol–water partition coefficient (Wildman–Crippen LogP) is 18.2. The zero-order valence-corrected chi connectivity index (χ0v) is 39.7. The lowest BCUT2D eigenvalue weighted by Gasteiger charge is -2.46. The maximum atomic E-state index is 10.4. The van der Waals surface area contributed by atoms with E-state index >= 15 is 0 Å². The molecule has 1 unspecified atom stereocenters. The van der Waals surface area contributed by atoms with E-state index in [1.165, 1.54) is 0 Å². The van der Waals surface area contributed by atoms with Crippen molar-refractivity contribution >= 4 is 110 Å². The fourth-order valence-corrected chi connectivity index (χ4v) is 11.8. The Hall–Kier alpha value is -9.88. The van der Waals surface area contributed by atoms with Gasteiger partial charge >= 0.3 is 0 Å². The molecule has 0 saturated carbocycles. The van der Waals surface area contributed by atoms with Gasteiger partial charge < -0.3 is 18.6 Å². The van der Waals surface area contributed by atoms with E-state index in [0.29, 0.717) is 17.6 Å². The molecule has 2 heterocycles. The lowest BCUT2D eigenvalue weighted by atomic mass is 9.76. The summed E-state index contributed by atoms with van der Waals surface area (Å²) in [7, 11) is 0. The summed E-state index contributed by atoms with van der Waals surface area (Å²) in [6.07, 6.45) is 4.71. The Kier molecular flexibility index (Phi) is 9.42. The highest BCUT2D eigenvalue weighted by Gasteiger charge is 2.41. The molecule has 73 heavy (non-hydrogen) atoms. The van der Waals surface area contributed by atoms with Crippen LogP contribution in [0, 0.1) is 22.7 Å². The minimum atomic E-state index is -0.700. The minimum absolute atomic E-state index is 0.565. The van der Waals surface area contributed by atoms with E-state index in [1.54, 1.807) is 0 Å². The highest BCUT2D eigenvalue weighted by molar-refractivity contribution is 6.29.